The average molecular weight is 346 g/mol. The van der Waals surface area contributed by atoms with Gasteiger partial charge in [-0.05, 0) is 39.3 Å². The van der Waals surface area contributed by atoms with E-state index in [1.165, 1.54) is 16.8 Å². The first-order valence-corrected chi connectivity index (χ1v) is 8.58. The van der Waals surface area contributed by atoms with Crippen molar-refractivity contribution in [1.82, 2.24) is 19.7 Å². The lowest BCUT2D eigenvalue weighted by molar-refractivity contribution is 0.139. The summed E-state index contributed by atoms with van der Waals surface area (Å²) in [6.07, 6.45) is 0. The highest BCUT2D eigenvalue weighted by molar-refractivity contribution is 5.36. The molecular weight excluding hydrogens is 316 g/mol. The van der Waals surface area contributed by atoms with E-state index in [0.717, 1.165) is 36.6 Å². The largest absolute Gasteiger partial charge is 0.481 e. The minimum absolute atomic E-state index is 0.680. The number of pyridine rings is 1. The number of aryl methyl sites for hydroxylation is 4. The van der Waals surface area contributed by atoms with Crippen molar-refractivity contribution in [2.75, 3.05) is 27.4 Å². The summed E-state index contributed by atoms with van der Waals surface area (Å²) in [6.45, 7) is 11.4. The fraction of sp³-hybridized carbons (Fsp3) is 0.579. The van der Waals surface area contributed by atoms with Gasteiger partial charge in [0.25, 0.3) is 0 Å². The molecular formula is C19H30N4O2. The van der Waals surface area contributed by atoms with Crippen molar-refractivity contribution < 1.29 is 9.47 Å². The Morgan fingerprint density at radius 1 is 1.08 bits per heavy atom. The molecule has 0 unspecified atom stereocenters. The maximum Gasteiger partial charge on any atom is 0.218 e. The van der Waals surface area contributed by atoms with E-state index in [1.54, 1.807) is 14.2 Å². The van der Waals surface area contributed by atoms with Crippen LogP contribution >= 0.6 is 0 Å². The van der Waals surface area contributed by atoms with Gasteiger partial charge < -0.3 is 9.47 Å². The maximum absolute atomic E-state index is 5.53. The molecule has 138 valence electrons. The van der Waals surface area contributed by atoms with Gasteiger partial charge in [0.2, 0.25) is 5.88 Å². The van der Waals surface area contributed by atoms with Crippen molar-refractivity contribution in [2.45, 2.75) is 40.8 Å². The van der Waals surface area contributed by atoms with Crippen LogP contribution in [0.3, 0.4) is 0 Å². The van der Waals surface area contributed by atoms with Crippen LogP contribution in [0, 0.1) is 27.7 Å². The molecule has 0 fully saturated rings. The fourth-order valence-electron chi connectivity index (χ4n) is 3.12. The summed E-state index contributed by atoms with van der Waals surface area (Å²) in [5, 5.41) is 4.54. The molecule has 0 radical (unpaired) electrons. The van der Waals surface area contributed by atoms with Gasteiger partial charge in [-0.3, -0.25) is 9.58 Å². The number of nitrogens with zero attached hydrogens (tertiary/aromatic N) is 4. The molecule has 0 amide bonds. The van der Waals surface area contributed by atoms with E-state index in [0.29, 0.717) is 12.5 Å². The van der Waals surface area contributed by atoms with Crippen molar-refractivity contribution in [3.8, 4) is 5.88 Å². The van der Waals surface area contributed by atoms with Gasteiger partial charge in [-0.25, -0.2) is 4.98 Å². The Kier molecular flexibility index (Phi) is 6.56. The Bertz CT molecular complexity index is 725. The quantitative estimate of drug-likeness (QED) is 0.736. The zero-order chi connectivity index (χ0) is 18.6. The Morgan fingerprint density at radius 3 is 2.32 bits per heavy atom. The second kappa shape index (κ2) is 8.45. The van der Waals surface area contributed by atoms with Gasteiger partial charge in [-0.15, -0.1) is 0 Å². The molecule has 25 heavy (non-hydrogen) atoms. The van der Waals surface area contributed by atoms with E-state index >= 15 is 0 Å². The number of ether oxygens (including phenoxy) is 2. The van der Waals surface area contributed by atoms with Crippen LogP contribution in [0.5, 0.6) is 5.88 Å². The minimum atomic E-state index is 0.680. The predicted octanol–water partition coefficient (Wildman–Crippen LogP) is 2.71. The zero-order valence-electron chi connectivity index (χ0n) is 16.5. The molecule has 0 aliphatic carbocycles. The molecule has 0 spiro atoms. The molecule has 2 heterocycles. The fourth-order valence-corrected chi connectivity index (χ4v) is 3.12. The molecule has 2 rings (SSSR count). The Hall–Kier alpha value is -1.92. The average Bonchev–Trinajstić information content (AvgIpc) is 2.80. The predicted molar refractivity (Wildman–Crippen MR) is 98.9 cm³/mol. The van der Waals surface area contributed by atoms with Crippen molar-refractivity contribution in [2.24, 2.45) is 7.05 Å². The van der Waals surface area contributed by atoms with Gasteiger partial charge in [-0.2, -0.15) is 5.10 Å². The molecule has 6 heteroatoms. The van der Waals surface area contributed by atoms with Gasteiger partial charge in [0.05, 0.1) is 19.4 Å². The highest BCUT2D eigenvalue weighted by Gasteiger charge is 2.18. The molecule has 0 N–H and O–H groups in total. The van der Waals surface area contributed by atoms with E-state index in [1.807, 2.05) is 18.7 Å². The monoisotopic (exact) mass is 346 g/mol. The molecule has 0 atom stereocenters. The topological polar surface area (TPSA) is 52.4 Å². The van der Waals surface area contributed by atoms with Crippen molar-refractivity contribution in [1.29, 1.82) is 0 Å². The van der Waals surface area contributed by atoms with Gasteiger partial charge in [0.1, 0.15) is 0 Å². The van der Waals surface area contributed by atoms with E-state index in [9.17, 15) is 0 Å². The molecule has 0 bridgehead atoms. The summed E-state index contributed by atoms with van der Waals surface area (Å²) < 4.78 is 12.8. The summed E-state index contributed by atoms with van der Waals surface area (Å²) in [5.41, 5.74) is 6.85. The van der Waals surface area contributed by atoms with Crippen molar-refractivity contribution in [3.63, 3.8) is 0 Å². The lowest BCUT2D eigenvalue weighted by Gasteiger charge is -2.24. The summed E-state index contributed by atoms with van der Waals surface area (Å²) in [4.78, 5) is 6.90. The first-order chi connectivity index (χ1) is 11.9. The Balaban J connectivity index is 2.29. The molecule has 2 aromatic rings. The van der Waals surface area contributed by atoms with Crippen LogP contribution in [0.4, 0.5) is 0 Å². The highest BCUT2D eigenvalue weighted by atomic mass is 16.5. The van der Waals surface area contributed by atoms with Crippen molar-refractivity contribution >= 4 is 0 Å². The SMILES string of the molecule is COCCN(Cc1c(C)cc(C)nc1OC)Cc1c(C)nn(C)c1C. The van der Waals surface area contributed by atoms with Crippen LogP contribution in [-0.2, 0) is 24.9 Å². The van der Waals surface area contributed by atoms with E-state index in [-0.39, 0.29) is 0 Å². The van der Waals surface area contributed by atoms with E-state index < -0.39 is 0 Å². The third kappa shape index (κ3) is 4.58. The van der Waals surface area contributed by atoms with E-state index in [2.05, 4.69) is 41.8 Å². The number of methoxy groups -OCH3 is 2. The molecule has 0 aliphatic heterocycles. The van der Waals surface area contributed by atoms with Crippen LogP contribution in [0.15, 0.2) is 6.07 Å². The summed E-state index contributed by atoms with van der Waals surface area (Å²) >= 11 is 0. The first-order valence-electron chi connectivity index (χ1n) is 8.58. The molecule has 0 aromatic carbocycles. The molecule has 6 nitrogen and oxygen atoms in total. The summed E-state index contributed by atoms with van der Waals surface area (Å²) in [7, 11) is 5.40. The summed E-state index contributed by atoms with van der Waals surface area (Å²) in [5.74, 6) is 0.708. The van der Waals surface area contributed by atoms with Crippen LogP contribution in [0.25, 0.3) is 0 Å². The first kappa shape index (κ1) is 19.4. The van der Waals surface area contributed by atoms with Gasteiger partial charge >= 0.3 is 0 Å². The minimum Gasteiger partial charge on any atom is -0.481 e. The van der Waals surface area contributed by atoms with Crippen LogP contribution < -0.4 is 4.74 Å². The molecule has 0 saturated heterocycles. The highest BCUT2D eigenvalue weighted by Crippen LogP contribution is 2.24. The number of rotatable bonds is 8. The number of hydrogen-bond donors (Lipinski definition) is 0. The van der Waals surface area contributed by atoms with Crippen molar-refractivity contribution in [3.05, 3.63) is 39.8 Å². The lowest BCUT2D eigenvalue weighted by Crippen LogP contribution is -2.28. The smallest absolute Gasteiger partial charge is 0.218 e. The van der Waals surface area contributed by atoms with E-state index in [4.69, 9.17) is 9.47 Å². The second-order valence-electron chi connectivity index (χ2n) is 6.54. The maximum atomic E-state index is 5.53. The lowest BCUT2D eigenvalue weighted by atomic mass is 10.1. The second-order valence-corrected chi connectivity index (χ2v) is 6.54. The third-order valence-corrected chi connectivity index (χ3v) is 4.66. The van der Waals surface area contributed by atoms with Crippen LogP contribution in [-0.4, -0.2) is 47.0 Å². The Morgan fingerprint density at radius 2 is 1.76 bits per heavy atom. The van der Waals surface area contributed by atoms with Gasteiger partial charge in [0.15, 0.2) is 0 Å². The van der Waals surface area contributed by atoms with Gasteiger partial charge in [0, 0.05) is 56.3 Å². The number of hydrogen-bond acceptors (Lipinski definition) is 5. The van der Waals surface area contributed by atoms with Gasteiger partial charge in [-0.1, -0.05) is 0 Å². The molecule has 0 aliphatic rings. The molecule has 2 aromatic heterocycles. The zero-order valence-corrected chi connectivity index (χ0v) is 16.5. The third-order valence-electron chi connectivity index (χ3n) is 4.66. The number of aromatic nitrogens is 3. The Labute approximate surface area is 150 Å². The van der Waals surface area contributed by atoms with Crippen LogP contribution in [0.2, 0.25) is 0 Å². The summed E-state index contributed by atoms with van der Waals surface area (Å²) in [6, 6.07) is 2.10. The van der Waals surface area contributed by atoms with Crippen LogP contribution in [0.1, 0.15) is 33.8 Å². The standard InChI is InChI=1S/C19H30N4O2/c1-13-10-14(2)20-19(25-7)17(13)11-23(8-9-24-6)12-18-15(3)21-22(5)16(18)4/h10H,8-9,11-12H2,1-7H3. The molecule has 0 saturated carbocycles. The normalized spacial score (nSPS) is 11.4.